The summed E-state index contributed by atoms with van der Waals surface area (Å²) in [5.74, 6) is -1.03. The molecule has 0 heterocycles. The van der Waals surface area contributed by atoms with Crippen LogP contribution in [0.25, 0.3) is 0 Å². The molecule has 1 atom stereocenters. The highest BCUT2D eigenvalue weighted by molar-refractivity contribution is 5.19. The Morgan fingerprint density at radius 3 is 2.47 bits per heavy atom. The fourth-order valence-corrected chi connectivity index (χ4v) is 1.40. The molecule has 2 nitrogen and oxygen atoms in total. The highest BCUT2D eigenvalue weighted by atomic mass is 19.1. The summed E-state index contributed by atoms with van der Waals surface area (Å²) >= 11 is 0. The molecule has 0 spiro atoms. The molecule has 0 saturated carbocycles. The van der Waals surface area contributed by atoms with Crippen LogP contribution < -0.4 is 5.73 Å². The maximum absolute atomic E-state index is 13.2. The van der Waals surface area contributed by atoms with Crippen molar-refractivity contribution in [2.75, 3.05) is 13.7 Å². The maximum Gasteiger partial charge on any atom is 0.129 e. The second kappa shape index (κ2) is 5.78. The standard InChI is InChI=1S/C11H15F2NO/c1-15-7-8(14)5-6-9-10(12)3-2-4-11(9)13/h2-4,8H,5-7,14H2,1H3. The minimum absolute atomic E-state index is 0.101. The first-order chi connectivity index (χ1) is 7.15. The van der Waals surface area contributed by atoms with E-state index in [2.05, 4.69) is 0 Å². The van der Waals surface area contributed by atoms with E-state index in [4.69, 9.17) is 10.5 Å². The first-order valence-electron chi connectivity index (χ1n) is 4.82. The van der Waals surface area contributed by atoms with Crippen molar-refractivity contribution in [3.8, 4) is 0 Å². The molecule has 1 aromatic carbocycles. The van der Waals surface area contributed by atoms with Crippen molar-refractivity contribution in [2.24, 2.45) is 5.73 Å². The Balaban J connectivity index is 2.57. The van der Waals surface area contributed by atoms with E-state index in [-0.39, 0.29) is 11.6 Å². The van der Waals surface area contributed by atoms with Crippen molar-refractivity contribution in [3.63, 3.8) is 0 Å². The Morgan fingerprint density at radius 1 is 1.33 bits per heavy atom. The Hall–Kier alpha value is -1.00. The average Bonchev–Trinajstić information content (AvgIpc) is 2.17. The van der Waals surface area contributed by atoms with Gasteiger partial charge in [0.1, 0.15) is 11.6 Å². The molecule has 2 N–H and O–H groups in total. The summed E-state index contributed by atoms with van der Waals surface area (Å²) in [6.45, 7) is 0.399. The predicted molar refractivity (Wildman–Crippen MR) is 54.5 cm³/mol. The summed E-state index contributed by atoms with van der Waals surface area (Å²) < 4.78 is 31.2. The van der Waals surface area contributed by atoms with Crippen molar-refractivity contribution in [3.05, 3.63) is 35.4 Å². The lowest BCUT2D eigenvalue weighted by atomic mass is 10.1. The summed E-state index contributed by atoms with van der Waals surface area (Å²) in [6, 6.07) is 3.66. The van der Waals surface area contributed by atoms with Gasteiger partial charge in [-0.3, -0.25) is 0 Å². The average molecular weight is 215 g/mol. The Bertz CT molecular complexity index is 297. The third-order valence-corrected chi connectivity index (χ3v) is 2.21. The van der Waals surface area contributed by atoms with Gasteiger partial charge in [-0.05, 0) is 25.0 Å². The summed E-state index contributed by atoms with van der Waals surface area (Å²) in [5.41, 5.74) is 5.76. The normalized spacial score (nSPS) is 12.8. The zero-order valence-corrected chi connectivity index (χ0v) is 8.67. The van der Waals surface area contributed by atoms with E-state index in [1.807, 2.05) is 0 Å². The number of benzene rings is 1. The summed E-state index contributed by atoms with van der Waals surface area (Å²) in [6.07, 6.45) is 0.800. The van der Waals surface area contributed by atoms with Gasteiger partial charge in [0, 0.05) is 18.7 Å². The van der Waals surface area contributed by atoms with Crippen molar-refractivity contribution in [1.82, 2.24) is 0 Å². The summed E-state index contributed by atoms with van der Waals surface area (Å²) in [4.78, 5) is 0. The van der Waals surface area contributed by atoms with Crippen LogP contribution in [0.5, 0.6) is 0 Å². The zero-order valence-electron chi connectivity index (χ0n) is 8.67. The molecule has 84 valence electrons. The molecule has 0 bridgehead atoms. The minimum Gasteiger partial charge on any atom is -0.383 e. The molecule has 0 aliphatic heterocycles. The minimum atomic E-state index is -0.514. The monoisotopic (exact) mass is 215 g/mol. The van der Waals surface area contributed by atoms with Crippen LogP contribution in [0.4, 0.5) is 8.78 Å². The molecule has 1 rings (SSSR count). The van der Waals surface area contributed by atoms with Crippen LogP contribution in [0.1, 0.15) is 12.0 Å². The van der Waals surface area contributed by atoms with Crippen LogP contribution in [0.15, 0.2) is 18.2 Å². The highest BCUT2D eigenvalue weighted by Crippen LogP contribution is 2.14. The second-order valence-electron chi connectivity index (χ2n) is 3.45. The Morgan fingerprint density at radius 2 is 1.93 bits per heavy atom. The van der Waals surface area contributed by atoms with Crippen LogP contribution in [-0.4, -0.2) is 19.8 Å². The van der Waals surface area contributed by atoms with E-state index in [0.29, 0.717) is 19.4 Å². The van der Waals surface area contributed by atoms with Crippen LogP contribution >= 0.6 is 0 Å². The molecule has 0 radical (unpaired) electrons. The number of nitrogens with two attached hydrogens (primary N) is 1. The lowest BCUT2D eigenvalue weighted by Gasteiger charge is -2.10. The van der Waals surface area contributed by atoms with Crippen LogP contribution in [0.3, 0.4) is 0 Å². The van der Waals surface area contributed by atoms with Gasteiger partial charge in [-0.1, -0.05) is 6.07 Å². The van der Waals surface area contributed by atoms with Crippen LogP contribution in [-0.2, 0) is 11.2 Å². The zero-order chi connectivity index (χ0) is 11.3. The van der Waals surface area contributed by atoms with Gasteiger partial charge in [-0.25, -0.2) is 8.78 Å². The number of ether oxygens (including phenoxy) is 1. The lowest BCUT2D eigenvalue weighted by molar-refractivity contribution is 0.177. The van der Waals surface area contributed by atoms with Gasteiger partial charge in [-0.2, -0.15) is 0 Å². The number of halogens is 2. The van der Waals surface area contributed by atoms with Crippen molar-refractivity contribution < 1.29 is 13.5 Å². The van der Waals surface area contributed by atoms with Crippen molar-refractivity contribution >= 4 is 0 Å². The maximum atomic E-state index is 13.2. The van der Waals surface area contributed by atoms with Gasteiger partial charge in [-0.15, -0.1) is 0 Å². The molecule has 1 unspecified atom stereocenters. The van der Waals surface area contributed by atoms with Gasteiger partial charge < -0.3 is 10.5 Å². The summed E-state index contributed by atoms with van der Waals surface area (Å²) in [7, 11) is 1.55. The lowest BCUT2D eigenvalue weighted by Crippen LogP contribution is -2.26. The molecule has 1 aromatic rings. The fourth-order valence-electron chi connectivity index (χ4n) is 1.40. The van der Waals surface area contributed by atoms with Gasteiger partial charge >= 0.3 is 0 Å². The van der Waals surface area contributed by atoms with E-state index in [0.717, 1.165) is 0 Å². The SMILES string of the molecule is COCC(N)CCc1c(F)cccc1F. The topological polar surface area (TPSA) is 35.2 Å². The molecule has 0 aliphatic rings. The van der Waals surface area contributed by atoms with Gasteiger partial charge in [0.15, 0.2) is 0 Å². The van der Waals surface area contributed by atoms with E-state index >= 15 is 0 Å². The number of hydrogen-bond acceptors (Lipinski definition) is 2. The van der Waals surface area contributed by atoms with E-state index in [1.165, 1.54) is 18.2 Å². The molecule has 0 amide bonds. The van der Waals surface area contributed by atoms with Crippen LogP contribution in [0.2, 0.25) is 0 Å². The van der Waals surface area contributed by atoms with E-state index in [1.54, 1.807) is 7.11 Å². The first-order valence-corrected chi connectivity index (χ1v) is 4.82. The third kappa shape index (κ3) is 3.57. The molecule has 0 fully saturated rings. The molecule has 0 aromatic heterocycles. The molecule has 4 heteroatoms. The largest absolute Gasteiger partial charge is 0.383 e. The predicted octanol–water partition coefficient (Wildman–Crippen LogP) is 1.87. The van der Waals surface area contributed by atoms with Crippen molar-refractivity contribution in [1.29, 1.82) is 0 Å². The summed E-state index contributed by atoms with van der Waals surface area (Å²) in [5, 5.41) is 0. The quantitative estimate of drug-likeness (QED) is 0.813. The molecule has 0 aliphatic carbocycles. The first kappa shape index (κ1) is 12.1. The van der Waals surface area contributed by atoms with Gasteiger partial charge in [0.05, 0.1) is 6.61 Å². The Labute approximate surface area is 88.0 Å². The Kier molecular flexibility index (Phi) is 4.65. The fraction of sp³-hybridized carbons (Fsp3) is 0.455. The van der Waals surface area contributed by atoms with E-state index in [9.17, 15) is 8.78 Å². The number of rotatable bonds is 5. The second-order valence-corrected chi connectivity index (χ2v) is 3.45. The molecular formula is C11H15F2NO. The molecule has 15 heavy (non-hydrogen) atoms. The molecular weight excluding hydrogens is 200 g/mol. The van der Waals surface area contributed by atoms with E-state index < -0.39 is 11.6 Å². The third-order valence-electron chi connectivity index (χ3n) is 2.21. The number of methoxy groups -OCH3 is 1. The van der Waals surface area contributed by atoms with Gasteiger partial charge in [0.2, 0.25) is 0 Å². The highest BCUT2D eigenvalue weighted by Gasteiger charge is 2.10. The van der Waals surface area contributed by atoms with Crippen molar-refractivity contribution in [2.45, 2.75) is 18.9 Å². The molecule has 0 saturated heterocycles. The number of hydrogen-bond donors (Lipinski definition) is 1. The van der Waals surface area contributed by atoms with Crippen LogP contribution in [0, 0.1) is 11.6 Å². The van der Waals surface area contributed by atoms with Gasteiger partial charge in [0.25, 0.3) is 0 Å². The smallest absolute Gasteiger partial charge is 0.129 e.